The van der Waals surface area contributed by atoms with Gasteiger partial charge in [0.15, 0.2) is 0 Å². The minimum absolute atomic E-state index is 0.110. The molecular weight excluding hydrogens is 246 g/mol. The normalized spacial score (nSPS) is 10.2. The number of aromatic nitrogens is 2. The maximum Gasteiger partial charge on any atom is 0.226 e. The van der Waals surface area contributed by atoms with Gasteiger partial charge in [0, 0.05) is 24.1 Å². The van der Waals surface area contributed by atoms with Crippen molar-refractivity contribution in [1.29, 1.82) is 0 Å². The van der Waals surface area contributed by atoms with Crippen LogP contribution in [0.2, 0.25) is 0 Å². The van der Waals surface area contributed by atoms with Gasteiger partial charge in [-0.05, 0) is 20.8 Å². The zero-order chi connectivity index (χ0) is 13.4. The van der Waals surface area contributed by atoms with E-state index in [0.29, 0.717) is 11.8 Å². The number of thioether (sulfide) groups is 1. The molecule has 0 saturated carbocycles. The Morgan fingerprint density at radius 1 is 1.50 bits per heavy atom. The Hall–Kier alpha value is -1.41. The third-order valence-electron chi connectivity index (χ3n) is 1.90. The summed E-state index contributed by atoms with van der Waals surface area (Å²) in [6, 6.07) is 1.83. The largest absolute Gasteiger partial charge is 0.475 e. The number of ether oxygens (including phenoxy) is 1. The molecule has 0 spiro atoms. The molecule has 18 heavy (non-hydrogen) atoms. The molecule has 1 aromatic heterocycles. The van der Waals surface area contributed by atoms with Gasteiger partial charge >= 0.3 is 0 Å². The predicted molar refractivity (Wildman–Crippen MR) is 77.2 cm³/mol. The molecule has 0 unspecified atom stereocenters. The van der Waals surface area contributed by atoms with Crippen LogP contribution in [0, 0.1) is 19.3 Å². The number of rotatable bonds is 7. The first-order chi connectivity index (χ1) is 8.61. The average Bonchev–Trinajstić information content (AvgIpc) is 2.27. The highest BCUT2D eigenvalue weighted by Crippen LogP contribution is 2.13. The minimum atomic E-state index is 0.110. The lowest BCUT2D eigenvalue weighted by molar-refractivity contribution is 0.232. The van der Waals surface area contributed by atoms with E-state index in [1.807, 2.05) is 26.8 Å². The van der Waals surface area contributed by atoms with Gasteiger partial charge in [-0.1, -0.05) is 5.92 Å². The molecule has 0 aliphatic carbocycles. The Balaban J connectivity index is 2.49. The smallest absolute Gasteiger partial charge is 0.226 e. The minimum Gasteiger partial charge on any atom is -0.475 e. The van der Waals surface area contributed by atoms with Crippen molar-refractivity contribution in [1.82, 2.24) is 9.97 Å². The fraction of sp³-hybridized carbons (Fsp3) is 0.538. The predicted octanol–water partition coefficient (Wildman–Crippen LogP) is 2.35. The number of aryl methyl sites for hydroxylation is 1. The van der Waals surface area contributed by atoms with Gasteiger partial charge in [-0.25, -0.2) is 4.98 Å². The highest BCUT2D eigenvalue weighted by molar-refractivity contribution is 7.99. The second-order valence-electron chi connectivity index (χ2n) is 4.02. The molecule has 1 heterocycles. The van der Waals surface area contributed by atoms with Crippen molar-refractivity contribution in [3.63, 3.8) is 0 Å². The number of nitrogens with one attached hydrogen (secondary N) is 1. The summed E-state index contributed by atoms with van der Waals surface area (Å²) in [6.45, 7) is 6.66. The molecule has 98 valence electrons. The van der Waals surface area contributed by atoms with Gasteiger partial charge in [0.2, 0.25) is 11.8 Å². The van der Waals surface area contributed by atoms with Crippen molar-refractivity contribution < 1.29 is 4.74 Å². The van der Waals surface area contributed by atoms with Crippen LogP contribution in [0.3, 0.4) is 0 Å². The fourth-order valence-electron chi connectivity index (χ4n) is 1.29. The summed E-state index contributed by atoms with van der Waals surface area (Å²) in [5, 5.41) is 3.17. The summed E-state index contributed by atoms with van der Waals surface area (Å²) >= 11 is 1.71. The summed E-state index contributed by atoms with van der Waals surface area (Å²) in [6.07, 6.45) is 5.29. The number of hydrogen-bond donors (Lipinski definition) is 1. The van der Waals surface area contributed by atoms with E-state index in [1.54, 1.807) is 11.8 Å². The third kappa shape index (κ3) is 5.78. The van der Waals surface area contributed by atoms with Gasteiger partial charge < -0.3 is 10.1 Å². The quantitative estimate of drug-likeness (QED) is 0.606. The monoisotopic (exact) mass is 265 g/mol. The van der Waals surface area contributed by atoms with E-state index in [4.69, 9.17) is 11.2 Å². The van der Waals surface area contributed by atoms with Crippen LogP contribution in [0.4, 0.5) is 5.95 Å². The van der Waals surface area contributed by atoms with Crippen molar-refractivity contribution in [3.05, 3.63) is 11.8 Å². The number of hydrogen-bond acceptors (Lipinski definition) is 5. The fourth-order valence-corrected chi connectivity index (χ4v) is 1.80. The molecular formula is C13H19N3OS. The highest BCUT2D eigenvalue weighted by Gasteiger charge is 2.04. The van der Waals surface area contributed by atoms with E-state index in [1.165, 1.54) is 0 Å². The van der Waals surface area contributed by atoms with E-state index in [2.05, 4.69) is 21.2 Å². The molecule has 1 aromatic rings. The summed E-state index contributed by atoms with van der Waals surface area (Å²) in [5.41, 5.74) is 0.888. The Morgan fingerprint density at radius 2 is 2.28 bits per heavy atom. The molecule has 0 amide bonds. The second kappa shape index (κ2) is 7.83. The van der Waals surface area contributed by atoms with Crippen molar-refractivity contribution in [2.75, 3.05) is 23.4 Å². The Kier molecular flexibility index (Phi) is 6.37. The first-order valence-electron chi connectivity index (χ1n) is 5.89. The number of terminal acetylenes is 1. The van der Waals surface area contributed by atoms with E-state index < -0.39 is 0 Å². The maximum absolute atomic E-state index is 5.56. The van der Waals surface area contributed by atoms with Crippen LogP contribution in [0.5, 0.6) is 5.88 Å². The summed E-state index contributed by atoms with van der Waals surface area (Å²) in [5.74, 6) is 5.47. The molecule has 0 aliphatic heterocycles. The lowest BCUT2D eigenvalue weighted by atomic mass is 10.4. The van der Waals surface area contributed by atoms with E-state index in [9.17, 15) is 0 Å². The zero-order valence-electron chi connectivity index (χ0n) is 11.1. The van der Waals surface area contributed by atoms with Crippen LogP contribution >= 0.6 is 11.8 Å². The van der Waals surface area contributed by atoms with Gasteiger partial charge in [-0.3, -0.25) is 0 Å². The lowest BCUT2D eigenvalue weighted by Gasteiger charge is -2.11. The van der Waals surface area contributed by atoms with Gasteiger partial charge in [0.25, 0.3) is 0 Å². The molecule has 5 heteroatoms. The molecule has 0 radical (unpaired) electrons. The molecule has 1 rings (SSSR count). The maximum atomic E-state index is 5.56. The van der Waals surface area contributed by atoms with Crippen LogP contribution in [-0.4, -0.2) is 34.1 Å². The first kappa shape index (κ1) is 14.7. The molecule has 0 bridgehead atoms. The van der Waals surface area contributed by atoms with Crippen LogP contribution in [0.15, 0.2) is 6.07 Å². The molecule has 4 nitrogen and oxygen atoms in total. The second-order valence-corrected chi connectivity index (χ2v) is 5.13. The van der Waals surface area contributed by atoms with E-state index in [0.717, 1.165) is 23.7 Å². The van der Waals surface area contributed by atoms with Gasteiger partial charge in [0.05, 0.1) is 11.9 Å². The molecule has 0 saturated heterocycles. The lowest BCUT2D eigenvalue weighted by Crippen LogP contribution is -2.11. The molecule has 0 fully saturated rings. The van der Waals surface area contributed by atoms with Crippen molar-refractivity contribution in [2.24, 2.45) is 0 Å². The van der Waals surface area contributed by atoms with Gasteiger partial charge in [0.1, 0.15) is 0 Å². The Morgan fingerprint density at radius 3 is 2.94 bits per heavy atom. The summed E-state index contributed by atoms with van der Waals surface area (Å²) < 4.78 is 5.56. The summed E-state index contributed by atoms with van der Waals surface area (Å²) in [4.78, 5) is 8.60. The standard InChI is InChI=1S/C13H19N3OS/c1-5-7-18-8-6-14-13-15-11(4)9-12(16-13)17-10(2)3/h1,9-10H,6-8H2,2-4H3,(H,14,15,16). The van der Waals surface area contributed by atoms with Crippen LogP contribution < -0.4 is 10.1 Å². The first-order valence-corrected chi connectivity index (χ1v) is 7.04. The average molecular weight is 265 g/mol. The third-order valence-corrected chi connectivity index (χ3v) is 2.77. The van der Waals surface area contributed by atoms with Crippen LogP contribution in [0.25, 0.3) is 0 Å². The summed E-state index contributed by atoms with van der Waals surface area (Å²) in [7, 11) is 0. The van der Waals surface area contributed by atoms with Crippen molar-refractivity contribution in [3.8, 4) is 18.2 Å². The van der Waals surface area contributed by atoms with E-state index in [-0.39, 0.29) is 6.10 Å². The number of nitrogens with zero attached hydrogens (tertiary/aromatic N) is 2. The van der Waals surface area contributed by atoms with Gasteiger partial charge in [-0.2, -0.15) is 4.98 Å². The Bertz CT molecular complexity index is 415. The molecule has 1 N–H and O–H groups in total. The van der Waals surface area contributed by atoms with Crippen molar-refractivity contribution >= 4 is 17.7 Å². The Labute approximate surface area is 113 Å². The van der Waals surface area contributed by atoms with Crippen molar-refractivity contribution in [2.45, 2.75) is 26.9 Å². The van der Waals surface area contributed by atoms with E-state index >= 15 is 0 Å². The molecule has 0 aliphatic rings. The highest BCUT2D eigenvalue weighted by atomic mass is 32.2. The molecule has 0 aromatic carbocycles. The number of anilines is 1. The topological polar surface area (TPSA) is 47.0 Å². The van der Waals surface area contributed by atoms with Gasteiger partial charge in [-0.15, -0.1) is 18.2 Å². The van der Waals surface area contributed by atoms with Crippen LogP contribution in [-0.2, 0) is 0 Å². The molecule has 0 atom stereocenters. The SMILES string of the molecule is C#CCSCCNc1nc(C)cc(OC(C)C)n1. The van der Waals surface area contributed by atoms with Crippen LogP contribution in [0.1, 0.15) is 19.5 Å². The zero-order valence-corrected chi connectivity index (χ0v) is 11.9.